The van der Waals surface area contributed by atoms with Gasteiger partial charge in [-0.1, -0.05) is 27.7 Å². The summed E-state index contributed by atoms with van der Waals surface area (Å²) in [6.07, 6.45) is 3.77. The van der Waals surface area contributed by atoms with Crippen LogP contribution in [0.15, 0.2) is 0 Å². The van der Waals surface area contributed by atoms with Crippen LogP contribution in [0.3, 0.4) is 0 Å². The fourth-order valence-electron chi connectivity index (χ4n) is 1.20. The number of unbranched alkanes of at least 4 members (excludes halogenated alkanes) is 1. The Labute approximate surface area is 102 Å². The monoisotopic (exact) mass is 244 g/mol. The molecule has 3 heteroatoms. The summed E-state index contributed by atoms with van der Waals surface area (Å²) in [7, 11) is -1.58. The second-order valence-corrected chi connectivity index (χ2v) is 11.1. The van der Waals surface area contributed by atoms with E-state index in [0.29, 0.717) is 12.3 Å². The SMILES string of the molecule is C[C@@H](CCCC=O)CO[Si](C)(C)C(C)(C)C. The van der Waals surface area contributed by atoms with Gasteiger partial charge in [0.15, 0.2) is 8.32 Å². The first kappa shape index (κ1) is 15.8. The van der Waals surface area contributed by atoms with E-state index >= 15 is 0 Å². The van der Waals surface area contributed by atoms with Crippen molar-refractivity contribution in [2.45, 2.75) is 65.1 Å². The van der Waals surface area contributed by atoms with E-state index in [4.69, 9.17) is 4.43 Å². The molecule has 0 saturated heterocycles. The van der Waals surface area contributed by atoms with Crippen molar-refractivity contribution in [2.75, 3.05) is 6.61 Å². The van der Waals surface area contributed by atoms with Gasteiger partial charge >= 0.3 is 0 Å². The Morgan fingerprint density at radius 1 is 1.31 bits per heavy atom. The number of rotatable bonds is 7. The second kappa shape index (κ2) is 6.55. The summed E-state index contributed by atoms with van der Waals surface area (Å²) in [4.78, 5) is 10.2. The molecule has 0 aromatic heterocycles. The molecule has 0 aliphatic rings. The van der Waals surface area contributed by atoms with Crippen molar-refractivity contribution in [2.24, 2.45) is 5.92 Å². The maximum Gasteiger partial charge on any atom is 0.191 e. The Balaban J connectivity index is 3.91. The summed E-state index contributed by atoms with van der Waals surface area (Å²) in [5.41, 5.74) is 0. The third-order valence-electron chi connectivity index (χ3n) is 3.55. The lowest BCUT2D eigenvalue weighted by atomic mass is 10.1. The normalized spacial score (nSPS) is 14.9. The molecule has 0 fully saturated rings. The zero-order valence-corrected chi connectivity index (χ0v) is 12.8. The smallest absolute Gasteiger partial charge is 0.191 e. The summed E-state index contributed by atoms with van der Waals surface area (Å²) in [5.74, 6) is 0.564. The number of aldehydes is 1. The lowest BCUT2D eigenvalue weighted by molar-refractivity contribution is -0.108. The van der Waals surface area contributed by atoms with Crippen LogP contribution in [0, 0.1) is 5.92 Å². The Kier molecular flexibility index (Phi) is 6.49. The van der Waals surface area contributed by atoms with Gasteiger partial charge < -0.3 is 9.22 Å². The predicted molar refractivity (Wildman–Crippen MR) is 72.2 cm³/mol. The van der Waals surface area contributed by atoms with Gasteiger partial charge in [-0.15, -0.1) is 0 Å². The van der Waals surface area contributed by atoms with Crippen molar-refractivity contribution >= 4 is 14.6 Å². The maximum atomic E-state index is 10.2. The van der Waals surface area contributed by atoms with Gasteiger partial charge in [0.2, 0.25) is 0 Å². The molecule has 0 radical (unpaired) electrons. The molecule has 2 nitrogen and oxygen atoms in total. The zero-order valence-electron chi connectivity index (χ0n) is 11.8. The molecule has 96 valence electrons. The summed E-state index contributed by atoms with van der Waals surface area (Å²) >= 11 is 0. The molecule has 0 spiro atoms. The third-order valence-corrected chi connectivity index (χ3v) is 8.05. The van der Waals surface area contributed by atoms with Gasteiger partial charge in [-0.05, 0) is 36.9 Å². The van der Waals surface area contributed by atoms with Gasteiger partial charge in [-0.3, -0.25) is 0 Å². The van der Waals surface area contributed by atoms with Crippen molar-refractivity contribution < 1.29 is 9.22 Å². The molecular weight excluding hydrogens is 216 g/mol. The van der Waals surface area contributed by atoms with Crippen LogP contribution in [-0.2, 0) is 9.22 Å². The van der Waals surface area contributed by atoms with E-state index in [9.17, 15) is 4.79 Å². The Morgan fingerprint density at radius 3 is 2.31 bits per heavy atom. The maximum absolute atomic E-state index is 10.2. The molecule has 0 unspecified atom stereocenters. The van der Waals surface area contributed by atoms with E-state index < -0.39 is 8.32 Å². The van der Waals surface area contributed by atoms with Crippen LogP contribution in [0.5, 0.6) is 0 Å². The number of hydrogen-bond acceptors (Lipinski definition) is 2. The molecule has 0 aliphatic carbocycles. The van der Waals surface area contributed by atoms with Crippen LogP contribution in [0.2, 0.25) is 18.1 Å². The second-order valence-electron chi connectivity index (χ2n) is 6.27. The predicted octanol–water partition coefficient (Wildman–Crippen LogP) is 4.01. The van der Waals surface area contributed by atoms with Crippen LogP contribution in [0.1, 0.15) is 47.0 Å². The van der Waals surface area contributed by atoms with E-state index in [1.54, 1.807) is 0 Å². The van der Waals surface area contributed by atoms with Crippen molar-refractivity contribution in [3.63, 3.8) is 0 Å². The molecule has 16 heavy (non-hydrogen) atoms. The van der Waals surface area contributed by atoms with Crippen LogP contribution in [-0.4, -0.2) is 21.2 Å². The molecule has 0 aliphatic heterocycles. The molecule has 1 atom stereocenters. The first-order valence-electron chi connectivity index (χ1n) is 6.28. The molecule has 0 rings (SSSR count). The van der Waals surface area contributed by atoms with Gasteiger partial charge in [0.05, 0.1) is 0 Å². The highest BCUT2D eigenvalue weighted by atomic mass is 28.4. The number of carbonyl (C=O) groups excluding carboxylic acids is 1. The van der Waals surface area contributed by atoms with Crippen LogP contribution < -0.4 is 0 Å². The molecule has 0 heterocycles. The minimum Gasteiger partial charge on any atom is -0.417 e. The third kappa shape index (κ3) is 5.80. The van der Waals surface area contributed by atoms with Crippen molar-refractivity contribution in [3.05, 3.63) is 0 Å². The fourth-order valence-corrected chi connectivity index (χ4v) is 2.33. The first-order valence-corrected chi connectivity index (χ1v) is 9.19. The molecular formula is C13H28O2Si. The van der Waals surface area contributed by atoms with E-state index in [1.807, 2.05) is 0 Å². The number of hydrogen-bond donors (Lipinski definition) is 0. The molecule has 0 bridgehead atoms. The van der Waals surface area contributed by atoms with Crippen molar-refractivity contribution in [1.82, 2.24) is 0 Å². The summed E-state index contributed by atoms with van der Waals surface area (Å²) in [6, 6.07) is 0. The largest absolute Gasteiger partial charge is 0.417 e. The van der Waals surface area contributed by atoms with Gasteiger partial charge in [0.25, 0.3) is 0 Å². The van der Waals surface area contributed by atoms with Gasteiger partial charge in [-0.2, -0.15) is 0 Å². The molecule has 0 N–H and O–H groups in total. The van der Waals surface area contributed by atoms with E-state index in [2.05, 4.69) is 40.8 Å². The minimum atomic E-state index is -1.58. The van der Waals surface area contributed by atoms with Gasteiger partial charge in [-0.25, -0.2) is 0 Å². The average Bonchev–Trinajstić information content (AvgIpc) is 2.13. The Morgan fingerprint density at radius 2 is 1.88 bits per heavy atom. The fraction of sp³-hybridized carbons (Fsp3) is 0.923. The van der Waals surface area contributed by atoms with E-state index in [1.165, 1.54) is 0 Å². The molecule has 0 saturated carbocycles. The zero-order chi connectivity index (χ0) is 12.8. The van der Waals surface area contributed by atoms with E-state index in [0.717, 1.165) is 25.7 Å². The van der Waals surface area contributed by atoms with Crippen LogP contribution in [0.25, 0.3) is 0 Å². The quantitative estimate of drug-likeness (QED) is 0.384. The molecule has 0 amide bonds. The minimum absolute atomic E-state index is 0.287. The summed E-state index contributed by atoms with van der Waals surface area (Å²) in [6.45, 7) is 14.4. The topological polar surface area (TPSA) is 26.3 Å². The Hall–Kier alpha value is -0.153. The first-order chi connectivity index (χ1) is 7.20. The highest BCUT2D eigenvalue weighted by molar-refractivity contribution is 6.74. The number of carbonyl (C=O) groups is 1. The van der Waals surface area contributed by atoms with Crippen LogP contribution in [0.4, 0.5) is 0 Å². The van der Waals surface area contributed by atoms with Crippen molar-refractivity contribution in [3.8, 4) is 0 Å². The van der Waals surface area contributed by atoms with Gasteiger partial charge in [0, 0.05) is 13.0 Å². The van der Waals surface area contributed by atoms with Gasteiger partial charge in [0.1, 0.15) is 6.29 Å². The summed E-state index contributed by atoms with van der Waals surface area (Å²) < 4.78 is 6.14. The average molecular weight is 244 g/mol. The van der Waals surface area contributed by atoms with Crippen molar-refractivity contribution in [1.29, 1.82) is 0 Å². The lowest BCUT2D eigenvalue weighted by Gasteiger charge is -2.37. The lowest BCUT2D eigenvalue weighted by Crippen LogP contribution is -2.41. The van der Waals surface area contributed by atoms with E-state index in [-0.39, 0.29) is 5.04 Å². The standard InChI is InChI=1S/C13H28O2Si/c1-12(9-7-8-10-14)11-15-16(5,6)13(2,3)4/h10,12H,7-9,11H2,1-6H3/t12-/m0/s1. The molecule has 0 aromatic rings. The Bertz CT molecular complexity index is 206. The highest BCUT2D eigenvalue weighted by Gasteiger charge is 2.37. The molecule has 0 aromatic carbocycles. The van der Waals surface area contributed by atoms with Crippen LogP contribution >= 0.6 is 0 Å². The summed E-state index contributed by atoms with van der Waals surface area (Å²) in [5, 5.41) is 0.287. The highest BCUT2D eigenvalue weighted by Crippen LogP contribution is 2.36.